The third kappa shape index (κ3) is 2.55. The van der Waals surface area contributed by atoms with Crippen LogP contribution in [0.15, 0.2) is 15.9 Å². The highest BCUT2D eigenvalue weighted by Crippen LogP contribution is 2.29. The predicted octanol–water partition coefficient (Wildman–Crippen LogP) is 3.49. The second-order valence-corrected chi connectivity index (χ2v) is 5.44. The van der Waals surface area contributed by atoms with Crippen LogP contribution in [0.4, 0.5) is 0 Å². The van der Waals surface area contributed by atoms with Crippen LogP contribution in [0.1, 0.15) is 24.6 Å². The molecule has 13 heavy (non-hydrogen) atoms. The summed E-state index contributed by atoms with van der Waals surface area (Å²) in [4.78, 5) is 4.04. The lowest BCUT2D eigenvalue weighted by molar-refractivity contribution is 0.272. The number of nitrogens with zero attached hydrogens (tertiary/aromatic N) is 1. The predicted molar refractivity (Wildman–Crippen MR) is 61.1 cm³/mol. The Labute approximate surface area is 91.9 Å². The van der Waals surface area contributed by atoms with E-state index in [-0.39, 0.29) is 0 Å². The summed E-state index contributed by atoms with van der Waals surface area (Å²) in [6, 6.07) is 3.11. The van der Waals surface area contributed by atoms with E-state index in [0.717, 1.165) is 12.6 Å². The maximum Gasteiger partial charge on any atom is 0.0331 e. The molecule has 0 radical (unpaired) electrons. The second kappa shape index (κ2) is 4.11. The average molecular weight is 260 g/mol. The van der Waals surface area contributed by atoms with Crippen LogP contribution in [0.3, 0.4) is 0 Å². The molecule has 1 fully saturated rings. The third-order valence-electron chi connectivity index (χ3n) is 2.45. The monoisotopic (exact) mass is 259 g/mol. The molecule has 1 aliphatic rings. The van der Waals surface area contributed by atoms with Crippen molar-refractivity contribution in [3.63, 3.8) is 0 Å². The Balaban J connectivity index is 1.95. The summed E-state index contributed by atoms with van der Waals surface area (Å²) in [6.45, 7) is 4.57. The first-order chi connectivity index (χ1) is 6.29. The van der Waals surface area contributed by atoms with Crippen molar-refractivity contribution >= 4 is 27.3 Å². The van der Waals surface area contributed by atoms with E-state index in [1.54, 1.807) is 0 Å². The Morgan fingerprint density at radius 2 is 2.38 bits per heavy atom. The minimum atomic E-state index is 0.880. The van der Waals surface area contributed by atoms with Gasteiger partial charge in [-0.1, -0.05) is 6.92 Å². The van der Waals surface area contributed by atoms with Crippen LogP contribution < -0.4 is 0 Å². The van der Waals surface area contributed by atoms with Crippen molar-refractivity contribution in [3.05, 3.63) is 20.8 Å². The molecule has 1 saturated carbocycles. The van der Waals surface area contributed by atoms with Gasteiger partial charge in [0, 0.05) is 27.3 Å². The molecule has 0 unspecified atom stereocenters. The smallest absolute Gasteiger partial charge is 0.0331 e. The number of thiophene rings is 1. The average Bonchev–Trinajstić information content (AvgIpc) is 2.87. The van der Waals surface area contributed by atoms with Gasteiger partial charge >= 0.3 is 0 Å². The molecule has 0 spiro atoms. The maximum atomic E-state index is 3.49. The molecule has 1 nitrogen and oxygen atoms in total. The van der Waals surface area contributed by atoms with E-state index in [4.69, 9.17) is 0 Å². The Morgan fingerprint density at radius 1 is 1.62 bits per heavy atom. The van der Waals surface area contributed by atoms with Gasteiger partial charge in [-0.15, -0.1) is 11.3 Å². The zero-order chi connectivity index (χ0) is 9.26. The number of rotatable bonds is 4. The largest absolute Gasteiger partial charge is 0.296 e. The third-order valence-corrected chi connectivity index (χ3v) is 4.13. The van der Waals surface area contributed by atoms with Crippen molar-refractivity contribution in [2.24, 2.45) is 0 Å². The molecule has 1 heterocycles. The van der Waals surface area contributed by atoms with Gasteiger partial charge in [-0.25, -0.2) is 0 Å². The number of hydrogen-bond acceptors (Lipinski definition) is 2. The van der Waals surface area contributed by atoms with Crippen LogP contribution in [0.25, 0.3) is 0 Å². The van der Waals surface area contributed by atoms with Gasteiger partial charge in [0.1, 0.15) is 0 Å². The summed E-state index contributed by atoms with van der Waals surface area (Å²) < 4.78 is 1.22. The van der Waals surface area contributed by atoms with Crippen molar-refractivity contribution in [2.75, 3.05) is 6.54 Å². The molecule has 0 atom stereocenters. The summed E-state index contributed by atoms with van der Waals surface area (Å²) in [5.74, 6) is 0. The van der Waals surface area contributed by atoms with Crippen LogP contribution in [0.2, 0.25) is 0 Å². The van der Waals surface area contributed by atoms with Crippen molar-refractivity contribution in [2.45, 2.75) is 32.4 Å². The highest BCUT2D eigenvalue weighted by molar-refractivity contribution is 9.10. The summed E-state index contributed by atoms with van der Waals surface area (Å²) in [5, 5.41) is 2.16. The van der Waals surface area contributed by atoms with Gasteiger partial charge in [-0.2, -0.15) is 0 Å². The lowest BCUT2D eigenvalue weighted by Gasteiger charge is -2.18. The molecule has 1 aromatic rings. The number of hydrogen-bond donors (Lipinski definition) is 0. The first kappa shape index (κ1) is 9.69. The van der Waals surface area contributed by atoms with Crippen molar-refractivity contribution < 1.29 is 0 Å². The van der Waals surface area contributed by atoms with Gasteiger partial charge < -0.3 is 0 Å². The normalized spacial score (nSPS) is 16.8. The molecule has 0 amide bonds. The van der Waals surface area contributed by atoms with Crippen LogP contribution in [0.5, 0.6) is 0 Å². The highest BCUT2D eigenvalue weighted by atomic mass is 79.9. The Morgan fingerprint density at radius 3 is 2.85 bits per heavy atom. The van der Waals surface area contributed by atoms with Crippen LogP contribution in [-0.4, -0.2) is 17.5 Å². The van der Waals surface area contributed by atoms with E-state index >= 15 is 0 Å². The standard InChI is InChI=1S/C10H14BrNS/c1-2-12(9-3-4-9)6-10-5-8(11)7-13-10/h5,7,9H,2-4,6H2,1H3. The molecule has 1 aliphatic carbocycles. The number of halogens is 1. The van der Waals surface area contributed by atoms with Gasteiger partial charge in [0.2, 0.25) is 0 Å². The van der Waals surface area contributed by atoms with Gasteiger partial charge in [0.05, 0.1) is 0 Å². The first-order valence-corrected chi connectivity index (χ1v) is 6.44. The van der Waals surface area contributed by atoms with Gasteiger partial charge in [0.25, 0.3) is 0 Å². The van der Waals surface area contributed by atoms with E-state index in [0.29, 0.717) is 0 Å². The van der Waals surface area contributed by atoms with E-state index in [1.165, 1.54) is 28.7 Å². The molecule has 0 aliphatic heterocycles. The zero-order valence-electron chi connectivity index (χ0n) is 7.79. The molecule has 0 bridgehead atoms. The first-order valence-electron chi connectivity index (χ1n) is 4.76. The Bertz CT molecular complexity index is 280. The fourth-order valence-electron chi connectivity index (χ4n) is 1.58. The van der Waals surface area contributed by atoms with Crippen molar-refractivity contribution in [3.8, 4) is 0 Å². The molecule has 72 valence electrons. The lowest BCUT2D eigenvalue weighted by atomic mass is 10.4. The highest BCUT2D eigenvalue weighted by Gasteiger charge is 2.27. The van der Waals surface area contributed by atoms with E-state index < -0.39 is 0 Å². The van der Waals surface area contributed by atoms with Gasteiger partial charge in [-0.3, -0.25) is 4.90 Å². The lowest BCUT2D eigenvalue weighted by Crippen LogP contribution is -2.24. The van der Waals surface area contributed by atoms with Crippen molar-refractivity contribution in [1.82, 2.24) is 4.90 Å². The van der Waals surface area contributed by atoms with Gasteiger partial charge in [-0.05, 0) is 41.4 Å². The summed E-state index contributed by atoms with van der Waals surface area (Å²) >= 11 is 5.34. The van der Waals surface area contributed by atoms with Crippen molar-refractivity contribution in [1.29, 1.82) is 0 Å². The zero-order valence-corrected chi connectivity index (χ0v) is 10.2. The Kier molecular flexibility index (Phi) is 3.06. The Hall–Kier alpha value is 0.140. The minimum absolute atomic E-state index is 0.880. The van der Waals surface area contributed by atoms with E-state index in [9.17, 15) is 0 Å². The molecular weight excluding hydrogens is 246 g/mol. The fraction of sp³-hybridized carbons (Fsp3) is 0.600. The SMILES string of the molecule is CCN(Cc1cc(Br)cs1)C1CC1. The molecule has 0 aromatic carbocycles. The quantitative estimate of drug-likeness (QED) is 0.801. The van der Waals surface area contributed by atoms with Crippen LogP contribution in [-0.2, 0) is 6.54 Å². The van der Waals surface area contributed by atoms with E-state index in [1.807, 2.05) is 11.3 Å². The molecule has 0 saturated heterocycles. The summed E-state index contributed by atoms with van der Waals surface area (Å²) in [6.07, 6.45) is 2.81. The van der Waals surface area contributed by atoms with Crippen LogP contribution in [0, 0.1) is 0 Å². The molecule has 0 N–H and O–H groups in total. The fourth-order valence-corrected chi connectivity index (χ4v) is 3.05. The van der Waals surface area contributed by atoms with Crippen LogP contribution >= 0.6 is 27.3 Å². The summed E-state index contributed by atoms with van der Waals surface area (Å²) in [5.41, 5.74) is 0. The van der Waals surface area contributed by atoms with E-state index in [2.05, 4.69) is 39.2 Å². The summed E-state index contributed by atoms with van der Waals surface area (Å²) in [7, 11) is 0. The molecule has 2 rings (SSSR count). The molecule has 1 aromatic heterocycles. The van der Waals surface area contributed by atoms with Gasteiger partial charge in [0.15, 0.2) is 0 Å². The second-order valence-electron chi connectivity index (χ2n) is 3.53. The molecular formula is C10H14BrNS. The molecule has 3 heteroatoms. The maximum absolute atomic E-state index is 3.49. The minimum Gasteiger partial charge on any atom is -0.296 e. The topological polar surface area (TPSA) is 3.24 Å².